The van der Waals surface area contributed by atoms with Gasteiger partial charge in [0.15, 0.2) is 0 Å². The topological polar surface area (TPSA) is 57.5 Å². The lowest BCUT2D eigenvalue weighted by Crippen LogP contribution is -2.59. The van der Waals surface area contributed by atoms with E-state index in [-0.39, 0.29) is 11.3 Å². The molecule has 4 aliphatic carbocycles. The lowest BCUT2D eigenvalue weighted by molar-refractivity contribution is -0.173. The highest BCUT2D eigenvalue weighted by molar-refractivity contribution is 5.83. The minimum atomic E-state index is -0.725. The molecular weight excluding hydrogens is 384 g/mol. The van der Waals surface area contributed by atoms with Gasteiger partial charge in [-0.1, -0.05) is 48.0 Å². The lowest BCUT2D eigenvalue weighted by atomic mass is 9.44. The molecule has 4 aliphatic rings. The van der Waals surface area contributed by atoms with Crippen molar-refractivity contribution < 1.29 is 15.0 Å². The highest BCUT2D eigenvalue weighted by Gasteiger charge is 2.63. The largest absolute Gasteiger partial charge is 0.390 e. The smallest absolute Gasteiger partial charge is 0.136 e. The van der Waals surface area contributed by atoms with Crippen LogP contribution in [0.2, 0.25) is 0 Å². The molecule has 4 saturated carbocycles. The van der Waals surface area contributed by atoms with Gasteiger partial charge in [0.25, 0.3) is 0 Å². The molecule has 0 radical (unpaired) electrons. The summed E-state index contributed by atoms with van der Waals surface area (Å²) in [6.45, 7) is 14.5. The summed E-state index contributed by atoms with van der Waals surface area (Å²) in [5.41, 5.74) is 0.679. The second kappa shape index (κ2) is 8.12. The van der Waals surface area contributed by atoms with Crippen LogP contribution < -0.4 is 0 Å². The number of Topliss-reactive ketones (excluding diaryl/α,β-unsaturated/α-hetero) is 1. The first-order valence-corrected chi connectivity index (χ1v) is 13.3. The van der Waals surface area contributed by atoms with Gasteiger partial charge in [-0.25, -0.2) is 0 Å². The summed E-state index contributed by atoms with van der Waals surface area (Å²) in [4.78, 5) is 13.3. The van der Waals surface area contributed by atoms with E-state index in [1.807, 2.05) is 0 Å². The predicted octanol–water partition coefficient (Wildman–Crippen LogP) is 6.01. The van der Waals surface area contributed by atoms with E-state index in [9.17, 15) is 15.0 Å². The van der Waals surface area contributed by atoms with Crippen molar-refractivity contribution >= 4 is 5.78 Å². The van der Waals surface area contributed by atoms with Gasteiger partial charge >= 0.3 is 0 Å². The van der Waals surface area contributed by atoms with Gasteiger partial charge in [0, 0.05) is 12.3 Å². The third-order valence-corrected chi connectivity index (χ3v) is 11.5. The molecule has 0 saturated heterocycles. The standard InChI is InChI=1S/C28H48O3/c1-7-26(3,4)12-10-17(2)19-8-9-20-18-14-23(29)22-15-24(30)25(31)16-28(22,6)21(18)11-13-27(19,20)5/h17-22,24-25,30-31H,7-16H2,1-6H3/t17-,18+,19-,20+,21+,22-,24+,25-,27-,28-/m1/s1. The molecule has 0 heterocycles. The van der Waals surface area contributed by atoms with Crippen LogP contribution in [0, 0.1) is 51.8 Å². The average Bonchev–Trinajstić information content (AvgIpc) is 3.06. The van der Waals surface area contributed by atoms with E-state index in [2.05, 4.69) is 41.5 Å². The number of aliphatic hydroxyl groups is 2. The van der Waals surface area contributed by atoms with Gasteiger partial charge in [-0.2, -0.15) is 0 Å². The minimum absolute atomic E-state index is 0.0519. The van der Waals surface area contributed by atoms with Crippen molar-refractivity contribution in [3.8, 4) is 0 Å². The van der Waals surface area contributed by atoms with Crippen LogP contribution in [0.5, 0.6) is 0 Å². The van der Waals surface area contributed by atoms with Crippen molar-refractivity contribution in [3.05, 3.63) is 0 Å². The zero-order valence-corrected chi connectivity index (χ0v) is 21.0. The second-order valence-electron chi connectivity index (χ2n) is 13.4. The maximum atomic E-state index is 13.3. The van der Waals surface area contributed by atoms with Gasteiger partial charge < -0.3 is 10.2 Å². The first kappa shape index (κ1) is 23.7. The van der Waals surface area contributed by atoms with Gasteiger partial charge in [0.2, 0.25) is 0 Å². The molecule has 0 spiro atoms. The quantitative estimate of drug-likeness (QED) is 0.559. The first-order valence-electron chi connectivity index (χ1n) is 13.3. The van der Waals surface area contributed by atoms with E-state index in [0.29, 0.717) is 47.2 Å². The Labute approximate surface area is 190 Å². The molecule has 0 amide bonds. The summed E-state index contributed by atoms with van der Waals surface area (Å²) >= 11 is 0. The summed E-state index contributed by atoms with van der Waals surface area (Å²) < 4.78 is 0. The third-order valence-electron chi connectivity index (χ3n) is 11.5. The minimum Gasteiger partial charge on any atom is -0.390 e. The monoisotopic (exact) mass is 432 g/mol. The van der Waals surface area contributed by atoms with Crippen LogP contribution in [0.15, 0.2) is 0 Å². The highest BCUT2D eigenvalue weighted by Crippen LogP contribution is 2.67. The lowest BCUT2D eigenvalue weighted by Gasteiger charge is -2.61. The van der Waals surface area contributed by atoms with Crippen molar-refractivity contribution in [1.29, 1.82) is 0 Å². The normalized spacial score (nSPS) is 48.6. The molecular formula is C28H48O3. The first-order chi connectivity index (χ1) is 14.4. The fraction of sp³-hybridized carbons (Fsp3) is 0.964. The Kier molecular flexibility index (Phi) is 6.21. The van der Waals surface area contributed by atoms with E-state index in [4.69, 9.17) is 0 Å². The van der Waals surface area contributed by atoms with Crippen molar-refractivity contribution in [1.82, 2.24) is 0 Å². The summed E-state index contributed by atoms with van der Waals surface area (Å²) in [7, 11) is 0. The highest BCUT2D eigenvalue weighted by atomic mass is 16.3. The second-order valence-corrected chi connectivity index (χ2v) is 13.4. The van der Waals surface area contributed by atoms with Crippen molar-refractivity contribution in [2.75, 3.05) is 0 Å². The van der Waals surface area contributed by atoms with E-state index < -0.39 is 12.2 Å². The van der Waals surface area contributed by atoms with Crippen LogP contribution in [0.3, 0.4) is 0 Å². The SMILES string of the molecule is CCC(C)(C)CC[C@@H](C)[C@H]1CC[C@H]2[C@@H]3CC(=O)[C@H]4C[C@H](O)[C@H](O)C[C@]4(C)[C@H]3CC[C@]12C. The van der Waals surface area contributed by atoms with Crippen molar-refractivity contribution in [3.63, 3.8) is 0 Å². The molecule has 0 aromatic carbocycles. The Hall–Kier alpha value is -0.410. The average molecular weight is 433 g/mol. The molecule has 178 valence electrons. The fourth-order valence-electron chi connectivity index (χ4n) is 9.04. The number of hydrogen-bond acceptors (Lipinski definition) is 3. The van der Waals surface area contributed by atoms with E-state index >= 15 is 0 Å². The van der Waals surface area contributed by atoms with E-state index in [1.165, 1.54) is 44.9 Å². The van der Waals surface area contributed by atoms with Crippen LogP contribution in [-0.4, -0.2) is 28.2 Å². The summed E-state index contributed by atoms with van der Waals surface area (Å²) in [5, 5.41) is 20.8. The van der Waals surface area contributed by atoms with Crippen molar-refractivity contribution in [2.45, 2.75) is 118 Å². The third kappa shape index (κ3) is 3.84. The number of carbonyl (C=O) groups excluding carboxylic acids is 1. The number of hydrogen-bond donors (Lipinski definition) is 2. The molecule has 4 rings (SSSR count). The van der Waals surface area contributed by atoms with Crippen LogP contribution >= 0.6 is 0 Å². The van der Waals surface area contributed by atoms with Crippen molar-refractivity contribution in [2.24, 2.45) is 51.8 Å². The Balaban J connectivity index is 1.53. The molecule has 2 N–H and O–H groups in total. The van der Waals surface area contributed by atoms with Gasteiger partial charge in [0.05, 0.1) is 12.2 Å². The number of aliphatic hydroxyl groups excluding tert-OH is 2. The maximum Gasteiger partial charge on any atom is 0.136 e. The zero-order chi connectivity index (χ0) is 22.8. The van der Waals surface area contributed by atoms with Crippen LogP contribution in [0.4, 0.5) is 0 Å². The maximum absolute atomic E-state index is 13.3. The van der Waals surface area contributed by atoms with Gasteiger partial charge in [-0.05, 0) is 97.2 Å². The summed E-state index contributed by atoms with van der Waals surface area (Å²) in [6, 6.07) is 0. The van der Waals surface area contributed by atoms with Crippen LogP contribution in [0.25, 0.3) is 0 Å². The molecule has 31 heavy (non-hydrogen) atoms. The number of carbonyl (C=O) groups is 1. The van der Waals surface area contributed by atoms with Gasteiger partial charge in [0.1, 0.15) is 5.78 Å². The summed E-state index contributed by atoms with van der Waals surface area (Å²) in [5.74, 6) is 3.53. The Morgan fingerprint density at radius 3 is 2.42 bits per heavy atom. The van der Waals surface area contributed by atoms with E-state index in [1.54, 1.807) is 0 Å². The molecule has 0 aromatic rings. The molecule has 0 bridgehead atoms. The van der Waals surface area contributed by atoms with Gasteiger partial charge in [-0.15, -0.1) is 0 Å². The Morgan fingerprint density at radius 2 is 1.74 bits per heavy atom. The molecule has 4 fully saturated rings. The molecule has 0 aliphatic heterocycles. The number of fused-ring (bicyclic) bond motifs is 5. The molecule has 10 atom stereocenters. The molecule has 3 heteroatoms. The van der Waals surface area contributed by atoms with E-state index in [0.717, 1.165) is 18.3 Å². The zero-order valence-electron chi connectivity index (χ0n) is 21.0. The van der Waals surface area contributed by atoms with Crippen LogP contribution in [-0.2, 0) is 4.79 Å². The molecule has 0 unspecified atom stereocenters. The Morgan fingerprint density at radius 1 is 1.06 bits per heavy atom. The number of rotatable bonds is 5. The van der Waals surface area contributed by atoms with Gasteiger partial charge in [-0.3, -0.25) is 4.79 Å². The Bertz CT molecular complexity index is 686. The predicted molar refractivity (Wildman–Crippen MR) is 125 cm³/mol. The van der Waals surface area contributed by atoms with Crippen LogP contribution in [0.1, 0.15) is 106 Å². The molecule has 3 nitrogen and oxygen atoms in total. The summed E-state index contributed by atoms with van der Waals surface area (Å²) in [6.07, 6.45) is 9.36. The fourth-order valence-corrected chi connectivity index (χ4v) is 9.04. The number of ketones is 1. The molecule has 0 aromatic heterocycles.